The third kappa shape index (κ3) is 37.9. The van der Waals surface area contributed by atoms with Crippen molar-refractivity contribution in [1.82, 2.24) is 0 Å². The zero-order chi connectivity index (χ0) is 26.2. The molecule has 200 valence electrons. The van der Waals surface area contributed by atoms with Crippen molar-refractivity contribution < 1.29 is 112 Å². The Morgan fingerprint density at radius 2 is 1.47 bits per heavy atom. The van der Waals surface area contributed by atoms with E-state index in [4.69, 9.17) is 9.47 Å². The van der Waals surface area contributed by atoms with Gasteiger partial charge in [0.2, 0.25) is 0 Å². The number of ether oxygens (including phenoxy) is 2. The second-order valence-electron chi connectivity index (χ2n) is 6.26. The molecule has 0 aliphatic carbocycles. The number of phosphoric ester groups is 1. The average Bonchev–Trinajstić information content (AvgIpc) is 2.74. The minimum atomic E-state index is -5.28. The van der Waals surface area contributed by atoms with Gasteiger partial charge in [-0.2, -0.15) is 0 Å². The zero-order valence-electron chi connectivity index (χ0n) is 21.3. The molecular formula is C23H41Na2O9PS. The van der Waals surface area contributed by atoms with Crippen molar-refractivity contribution in [2.75, 3.05) is 13.2 Å². The molecule has 0 rings (SSSR count). The van der Waals surface area contributed by atoms with Crippen LogP contribution in [0.3, 0.4) is 0 Å². The number of unbranched alkanes of at least 4 members (excludes halogenated alkanes) is 4. The van der Waals surface area contributed by atoms with Crippen LogP contribution in [0.2, 0.25) is 0 Å². The van der Waals surface area contributed by atoms with Gasteiger partial charge in [0.1, 0.15) is 6.61 Å². The zero-order valence-corrected chi connectivity index (χ0v) is 27.1. The fourth-order valence-electron chi connectivity index (χ4n) is 1.88. The first-order valence-corrected chi connectivity index (χ1v) is 12.1. The molecule has 36 heavy (non-hydrogen) atoms. The first kappa shape index (κ1) is 42.4. The van der Waals surface area contributed by atoms with E-state index in [1.807, 2.05) is 0 Å². The van der Waals surface area contributed by atoms with Crippen molar-refractivity contribution in [2.24, 2.45) is 0 Å². The van der Waals surface area contributed by atoms with Gasteiger partial charge >= 0.3 is 71.1 Å². The van der Waals surface area contributed by atoms with E-state index in [2.05, 4.69) is 71.4 Å². The Morgan fingerprint density at radius 3 is 2.00 bits per heavy atom. The summed E-state index contributed by atoms with van der Waals surface area (Å²) in [6.07, 6.45) is 3.41. The molecule has 0 unspecified atom stereocenters. The summed E-state index contributed by atoms with van der Waals surface area (Å²) < 4.78 is 24.6. The second-order valence-corrected chi connectivity index (χ2v) is 8.04. The molecule has 0 aliphatic rings. The third-order valence-corrected chi connectivity index (χ3v) is 3.67. The minimum Gasteiger partial charge on any atom is -0.790 e. The van der Waals surface area contributed by atoms with E-state index in [0.717, 1.165) is 25.7 Å². The van der Waals surface area contributed by atoms with Crippen molar-refractivity contribution in [1.29, 1.82) is 0 Å². The Bertz CT molecular complexity index is 975. The Hall–Kier alpha value is -0.690. The van der Waals surface area contributed by atoms with Gasteiger partial charge in [-0.15, -0.1) is 12.6 Å². The Balaban J connectivity index is -0.0000000821. The van der Waals surface area contributed by atoms with Gasteiger partial charge < -0.3 is 28.3 Å². The molecule has 0 N–H and O–H groups in total. The van der Waals surface area contributed by atoms with Gasteiger partial charge in [-0.05, 0) is 48.9 Å². The van der Waals surface area contributed by atoms with E-state index in [9.17, 15) is 28.7 Å². The smallest absolute Gasteiger partial charge is 0.790 e. The normalized spacial score (nSPS) is 9.39. The number of hydrogen-bond donors (Lipinski definition) is 1. The standard InChI is InChI=1S/C21H25O8P.C2H4OS.2Na.7H2/c1-3-5-7-9-10-12-13-15-20(22)27-17-19(18-28-30(24,25)26)29-21(23)16-14-11-8-6-4-2;1-2(3)4;;;;;;;;;/h19H,4,6,8,11,14,16-18H2,1-2H3,(H2,24,25,26);1H3,(H,3,4);;;7*1H/q;;2*+1;;;;;;;/p-2/t19-;;;;;;;;;;/m0........../s1. The van der Waals surface area contributed by atoms with Gasteiger partial charge in [0.05, 0.1) is 14.4 Å². The maximum atomic E-state index is 11.9. The molecule has 0 aromatic heterocycles. The van der Waals surface area contributed by atoms with E-state index >= 15 is 0 Å². The van der Waals surface area contributed by atoms with Crippen LogP contribution in [0, 0.1) is 47.4 Å². The average molecular weight is 571 g/mol. The molecule has 0 bridgehead atoms. The first-order valence-electron chi connectivity index (χ1n) is 10.2. The molecule has 0 aromatic rings. The van der Waals surface area contributed by atoms with Crippen LogP contribution in [0.15, 0.2) is 0 Å². The molecule has 0 heterocycles. The fraction of sp³-hybridized carbons (Fsp3) is 0.522. The van der Waals surface area contributed by atoms with E-state index in [0.29, 0.717) is 6.42 Å². The molecule has 0 aromatic carbocycles. The molecule has 9 nitrogen and oxygen atoms in total. The molecule has 0 saturated carbocycles. The Labute approximate surface area is 273 Å². The number of phosphoric acid groups is 1. The van der Waals surface area contributed by atoms with E-state index in [1.54, 1.807) is 6.92 Å². The maximum absolute atomic E-state index is 11.9. The maximum Gasteiger partial charge on any atom is 1.00 e. The molecule has 0 saturated heterocycles. The summed E-state index contributed by atoms with van der Waals surface area (Å²) in [6.45, 7) is 3.78. The second kappa shape index (κ2) is 28.9. The van der Waals surface area contributed by atoms with Gasteiger partial charge in [-0.25, -0.2) is 4.79 Å². The SMILES string of the molecule is CC#CC#CC#CC#CC(=O)OC[C@@H](COP(=O)([O-])[O-])OC(=O)CCCCCCC.CC(=O)S.[HH].[HH].[HH].[HH].[HH].[HH].[HH].[Na+].[Na+]. The van der Waals surface area contributed by atoms with Gasteiger partial charge in [0, 0.05) is 29.3 Å². The van der Waals surface area contributed by atoms with Crippen molar-refractivity contribution >= 4 is 37.5 Å². The summed E-state index contributed by atoms with van der Waals surface area (Å²) in [4.78, 5) is 54.0. The van der Waals surface area contributed by atoms with E-state index in [1.165, 1.54) is 6.92 Å². The first-order chi connectivity index (χ1) is 16.0. The van der Waals surface area contributed by atoms with Crippen molar-refractivity contribution in [2.45, 2.75) is 65.4 Å². The summed E-state index contributed by atoms with van der Waals surface area (Å²) in [7, 11) is -5.28. The van der Waals surface area contributed by atoms with Gasteiger partial charge in [-0.3, -0.25) is 9.59 Å². The molecule has 0 amide bonds. The van der Waals surface area contributed by atoms with Crippen LogP contribution in [-0.2, 0) is 32.9 Å². The molecule has 0 fully saturated rings. The van der Waals surface area contributed by atoms with Crippen molar-refractivity contribution in [3.05, 3.63) is 0 Å². The summed E-state index contributed by atoms with van der Waals surface area (Å²) in [5, 5.41) is -0.139. The number of thiol groups is 1. The van der Waals surface area contributed by atoms with Crippen LogP contribution in [0.4, 0.5) is 0 Å². The summed E-state index contributed by atoms with van der Waals surface area (Å²) in [6, 6.07) is 0. The molecule has 13 heteroatoms. The number of esters is 2. The molecule has 1 atom stereocenters. The molecular weight excluding hydrogens is 529 g/mol. The molecule has 0 spiro atoms. The largest absolute Gasteiger partial charge is 1.00 e. The topological polar surface area (TPSA) is 142 Å². The van der Waals surface area contributed by atoms with Gasteiger partial charge in [-0.1, -0.05) is 38.5 Å². The fourth-order valence-corrected chi connectivity index (χ4v) is 2.23. The van der Waals surface area contributed by atoms with E-state index < -0.39 is 39.1 Å². The summed E-state index contributed by atoms with van der Waals surface area (Å²) in [5.41, 5.74) is 0. The third-order valence-electron chi connectivity index (χ3n) is 3.20. The van der Waals surface area contributed by atoms with Crippen LogP contribution in [-0.4, -0.2) is 36.4 Å². The Morgan fingerprint density at radius 1 is 0.944 bits per heavy atom. The molecule has 0 radical (unpaired) electrons. The number of rotatable bonds is 12. The predicted molar refractivity (Wildman–Crippen MR) is 139 cm³/mol. The van der Waals surface area contributed by atoms with Gasteiger partial charge in [0.25, 0.3) is 0 Å². The van der Waals surface area contributed by atoms with Crippen LogP contribution < -0.4 is 68.9 Å². The van der Waals surface area contributed by atoms with E-state index in [-0.39, 0.29) is 80.6 Å². The number of carbonyl (C=O) groups excluding carboxylic acids is 3. The van der Waals surface area contributed by atoms with Crippen LogP contribution in [0.5, 0.6) is 0 Å². The quantitative estimate of drug-likeness (QED) is 0.0490. The van der Waals surface area contributed by atoms with Crippen molar-refractivity contribution in [3.8, 4) is 47.4 Å². The van der Waals surface area contributed by atoms with Gasteiger partial charge in [0.15, 0.2) is 11.2 Å². The van der Waals surface area contributed by atoms with Crippen LogP contribution >= 0.6 is 20.5 Å². The van der Waals surface area contributed by atoms with Crippen molar-refractivity contribution in [3.63, 3.8) is 0 Å². The Kier molecular flexibility index (Phi) is 34.0. The summed E-state index contributed by atoms with van der Waals surface area (Å²) >= 11 is 3.33. The van der Waals surface area contributed by atoms with Crippen LogP contribution in [0.1, 0.15) is 69.3 Å². The van der Waals surface area contributed by atoms with Crippen LogP contribution in [0.25, 0.3) is 0 Å². The molecule has 0 aliphatic heterocycles. The monoisotopic (exact) mass is 570 g/mol. The summed E-state index contributed by atoms with van der Waals surface area (Å²) in [5.74, 6) is 17.1. The minimum absolute atomic E-state index is 0. The number of hydrogen-bond acceptors (Lipinski definition) is 9. The predicted octanol–water partition coefficient (Wildman–Crippen LogP) is -3.13. The number of carbonyl (C=O) groups is 3.